The van der Waals surface area contributed by atoms with Gasteiger partial charge in [-0.3, -0.25) is 9.59 Å². The number of carbonyl (C=O) groups is 2. The van der Waals surface area contributed by atoms with E-state index in [9.17, 15) is 9.59 Å². The molecule has 2 N–H and O–H groups in total. The van der Waals surface area contributed by atoms with E-state index in [0.717, 1.165) is 6.42 Å². The Hall–Kier alpha value is -1.10. The molecule has 0 rings (SSSR count). The van der Waals surface area contributed by atoms with Crippen molar-refractivity contribution in [1.29, 1.82) is 0 Å². The van der Waals surface area contributed by atoms with Gasteiger partial charge in [0.15, 0.2) is 0 Å². The third-order valence-electron chi connectivity index (χ3n) is 1.80. The van der Waals surface area contributed by atoms with Gasteiger partial charge in [0.05, 0.1) is 0 Å². The molecule has 0 aliphatic carbocycles. The first-order valence-electron chi connectivity index (χ1n) is 5.17. The van der Waals surface area contributed by atoms with E-state index in [0.29, 0.717) is 32.5 Å². The average Bonchev–Trinajstić information content (AvgIpc) is 2.19. The summed E-state index contributed by atoms with van der Waals surface area (Å²) in [6, 6.07) is 0. The van der Waals surface area contributed by atoms with Crippen molar-refractivity contribution >= 4 is 11.8 Å². The summed E-state index contributed by atoms with van der Waals surface area (Å²) in [5, 5.41) is 5.41. The lowest BCUT2D eigenvalue weighted by Crippen LogP contribution is -2.27. The van der Waals surface area contributed by atoms with Crippen LogP contribution >= 0.6 is 0 Å². The van der Waals surface area contributed by atoms with Gasteiger partial charge in [-0.05, 0) is 12.8 Å². The number of ether oxygens (including phenoxy) is 1. The number of hydrogen-bond acceptors (Lipinski definition) is 3. The molecule has 0 aliphatic rings. The van der Waals surface area contributed by atoms with Crippen molar-refractivity contribution in [2.24, 2.45) is 0 Å². The fourth-order valence-corrected chi connectivity index (χ4v) is 1.05. The maximum atomic E-state index is 11.2. The number of rotatable bonds is 8. The van der Waals surface area contributed by atoms with E-state index in [2.05, 4.69) is 10.6 Å². The van der Waals surface area contributed by atoms with Crippen LogP contribution in [-0.4, -0.2) is 38.6 Å². The minimum atomic E-state index is -0.0597. The Morgan fingerprint density at radius 3 is 2.40 bits per heavy atom. The second kappa shape index (κ2) is 9.45. The highest BCUT2D eigenvalue weighted by Crippen LogP contribution is 1.87. The fourth-order valence-electron chi connectivity index (χ4n) is 1.05. The van der Waals surface area contributed by atoms with Gasteiger partial charge in [0.2, 0.25) is 11.8 Å². The standard InChI is InChI=1S/C10H20N2O3/c1-9(13)11-6-3-5-10(14)12-7-4-8-15-2/h3-8H2,1-2H3,(H,11,13)(H,12,14). The molecule has 0 saturated heterocycles. The lowest BCUT2D eigenvalue weighted by Gasteiger charge is -2.04. The molecule has 2 amide bonds. The molecule has 15 heavy (non-hydrogen) atoms. The van der Waals surface area contributed by atoms with Crippen LogP contribution in [0.15, 0.2) is 0 Å². The van der Waals surface area contributed by atoms with Gasteiger partial charge >= 0.3 is 0 Å². The van der Waals surface area contributed by atoms with E-state index in [-0.39, 0.29) is 11.8 Å². The zero-order valence-electron chi connectivity index (χ0n) is 9.47. The van der Waals surface area contributed by atoms with Crippen LogP contribution in [0, 0.1) is 0 Å². The number of carbonyl (C=O) groups excluding carboxylic acids is 2. The van der Waals surface area contributed by atoms with Gasteiger partial charge in [0, 0.05) is 40.2 Å². The van der Waals surface area contributed by atoms with Crippen molar-refractivity contribution in [3.63, 3.8) is 0 Å². The molecule has 0 aliphatic heterocycles. The number of methoxy groups -OCH3 is 1. The van der Waals surface area contributed by atoms with Gasteiger partial charge < -0.3 is 15.4 Å². The minimum absolute atomic E-state index is 0.0245. The molecule has 0 radical (unpaired) electrons. The maximum Gasteiger partial charge on any atom is 0.220 e. The van der Waals surface area contributed by atoms with Crippen molar-refractivity contribution in [2.45, 2.75) is 26.2 Å². The normalized spacial score (nSPS) is 9.73. The third kappa shape index (κ3) is 10.8. The first-order chi connectivity index (χ1) is 7.16. The minimum Gasteiger partial charge on any atom is -0.385 e. The van der Waals surface area contributed by atoms with Crippen LogP contribution in [0.4, 0.5) is 0 Å². The van der Waals surface area contributed by atoms with Crippen LogP contribution in [0.1, 0.15) is 26.2 Å². The highest BCUT2D eigenvalue weighted by molar-refractivity contribution is 5.76. The Morgan fingerprint density at radius 2 is 1.80 bits per heavy atom. The molecule has 0 saturated carbocycles. The fraction of sp³-hybridized carbons (Fsp3) is 0.800. The molecule has 0 fully saturated rings. The second-order valence-electron chi connectivity index (χ2n) is 3.28. The largest absolute Gasteiger partial charge is 0.385 e. The summed E-state index contributed by atoms with van der Waals surface area (Å²) in [5.41, 5.74) is 0. The molecule has 0 aromatic rings. The van der Waals surface area contributed by atoms with Crippen LogP contribution in [-0.2, 0) is 14.3 Å². The molecule has 0 bridgehead atoms. The molecule has 0 heterocycles. The van der Waals surface area contributed by atoms with Gasteiger partial charge in [-0.2, -0.15) is 0 Å². The predicted octanol–water partition coefficient (Wildman–Crippen LogP) is 0.0554. The van der Waals surface area contributed by atoms with E-state index in [4.69, 9.17) is 4.74 Å². The Balaban J connectivity index is 3.22. The Bertz CT molecular complexity index is 195. The zero-order valence-corrected chi connectivity index (χ0v) is 9.47. The molecular formula is C10H20N2O3. The number of amides is 2. The van der Waals surface area contributed by atoms with E-state index in [1.54, 1.807) is 7.11 Å². The molecule has 5 heteroatoms. The molecule has 0 unspecified atom stereocenters. The predicted molar refractivity (Wildman–Crippen MR) is 57.4 cm³/mol. The molecule has 0 spiro atoms. The summed E-state index contributed by atoms with van der Waals surface area (Å²) in [6.45, 7) is 3.32. The van der Waals surface area contributed by atoms with Crippen LogP contribution in [0.3, 0.4) is 0 Å². The van der Waals surface area contributed by atoms with Crippen molar-refractivity contribution in [1.82, 2.24) is 10.6 Å². The van der Waals surface area contributed by atoms with Gasteiger partial charge in [-0.1, -0.05) is 0 Å². The summed E-state index contributed by atoms with van der Waals surface area (Å²) in [7, 11) is 1.63. The zero-order chi connectivity index (χ0) is 11.5. The molecule has 0 aromatic carbocycles. The van der Waals surface area contributed by atoms with Crippen LogP contribution in [0.25, 0.3) is 0 Å². The lowest BCUT2D eigenvalue weighted by molar-refractivity contribution is -0.122. The first kappa shape index (κ1) is 13.9. The molecular weight excluding hydrogens is 196 g/mol. The summed E-state index contributed by atoms with van der Waals surface area (Å²) in [4.78, 5) is 21.7. The van der Waals surface area contributed by atoms with Crippen molar-refractivity contribution in [3.8, 4) is 0 Å². The summed E-state index contributed by atoms with van der Waals surface area (Å²) >= 11 is 0. The Labute approximate surface area is 90.6 Å². The smallest absolute Gasteiger partial charge is 0.220 e. The van der Waals surface area contributed by atoms with Crippen molar-refractivity contribution in [2.75, 3.05) is 26.8 Å². The van der Waals surface area contributed by atoms with E-state index in [1.165, 1.54) is 6.92 Å². The summed E-state index contributed by atoms with van der Waals surface area (Å²) in [6.07, 6.45) is 1.96. The average molecular weight is 216 g/mol. The van der Waals surface area contributed by atoms with Gasteiger partial charge in [-0.15, -0.1) is 0 Å². The van der Waals surface area contributed by atoms with Crippen LogP contribution in [0.2, 0.25) is 0 Å². The van der Waals surface area contributed by atoms with Gasteiger partial charge in [0.25, 0.3) is 0 Å². The quantitative estimate of drug-likeness (QED) is 0.564. The molecule has 0 atom stereocenters. The van der Waals surface area contributed by atoms with Crippen molar-refractivity contribution < 1.29 is 14.3 Å². The van der Waals surface area contributed by atoms with Crippen LogP contribution < -0.4 is 10.6 Å². The number of nitrogens with one attached hydrogen (secondary N) is 2. The van der Waals surface area contributed by atoms with Gasteiger partial charge in [0.1, 0.15) is 0 Å². The lowest BCUT2D eigenvalue weighted by atomic mass is 10.3. The van der Waals surface area contributed by atoms with Gasteiger partial charge in [-0.25, -0.2) is 0 Å². The first-order valence-corrected chi connectivity index (χ1v) is 5.17. The highest BCUT2D eigenvalue weighted by atomic mass is 16.5. The van der Waals surface area contributed by atoms with Crippen LogP contribution in [0.5, 0.6) is 0 Å². The summed E-state index contributed by atoms with van der Waals surface area (Å²) in [5.74, 6) is -0.0352. The van der Waals surface area contributed by atoms with E-state index in [1.807, 2.05) is 0 Å². The Kier molecular flexibility index (Phi) is 8.76. The number of hydrogen-bond donors (Lipinski definition) is 2. The topological polar surface area (TPSA) is 67.4 Å². The monoisotopic (exact) mass is 216 g/mol. The molecule has 88 valence electrons. The molecule has 5 nitrogen and oxygen atoms in total. The van der Waals surface area contributed by atoms with E-state index < -0.39 is 0 Å². The third-order valence-corrected chi connectivity index (χ3v) is 1.80. The molecule has 0 aromatic heterocycles. The maximum absolute atomic E-state index is 11.2. The van der Waals surface area contributed by atoms with E-state index >= 15 is 0 Å². The Morgan fingerprint density at radius 1 is 1.13 bits per heavy atom. The summed E-state index contributed by atoms with van der Waals surface area (Å²) < 4.78 is 4.85. The second-order valence-corrected chi connectivity index (χ2v) is 3.28. The van der Waals surface area contributed by atoms with Crippen molar-refractivity contribution in [3.05, 3.63) is 0 Å². The highest BCUT2D eigenvalue weighted by Gasteiger charge is 2.00. The SMILES string of the molecule is COCCCNC(=O)CCCNC(C)=O.